The first-order chi connectivity index (χ1) is 7.87. The summed E-state index contributed by atoms with van der Waals surface area (Å²) in [6.07, 6.45) is -4.55. The summed E-state index contributed by atoms with van der Waals surface area (Å²) in [7, 11) is -3.80. The Morgan fingerprint density at radius 1 is 1.11 bits per heavy atom. The molecule has 0 aliphatic heterocycles. The lowest BCUT2D eigenvalue weighted by Crippen LogP contribution is -2.29. The molecule has 0 aliphatic carbocycles. The van der Waals surface area contributed by atoms with Gasteiger partial charge in [0.1, 0.15) is 0 Å². The molecular formula is C11H12F3IO2S. The summed E-state index contributed by atoms with van der Waals surface area (Å²) in [6, 6.07) is 2.74. The number of alkyl halides is 3. The monoisotopic (exact) mass is 392 g/mol. The second-order valence-electron chi connectivity index (χ2n) is 4.76. The van der Waals surface area contributed by atoms with Gasteiger partial charge in [-0.25, -0.2) is 8.42 Å². The van der Waals surface area contributed by atoms with Crippen molar-refractivity contribution in [2.75, 3.05) is 0 Å². The molecule has 2 nitrogen and oxygen atoms in total. The van der Waals surface area contributed by atoms with Gasteiger partial charge in [-0.15, -0.1) is 0 Å². The van der Waals surface area contributed by atoms with Crippen molar-refractivity contribution < 1.29 is 21.6 Å². The fourth-order valence-electron chi connectivity index (χ4n) is 1.22. The molecule has 0 aliphatic rings. The van der Waals surface area contributed by atoms with E-state index in [1.54, 1.807) is 22.6 Å². The predicted octanol–water partition coefficient (Wildman–Crippen LogP) is 3.88. The summed E-state index contributed by atoms with van der Waals surface area (Å²) >= 11 is 1.72. The minimum Gasteiger partial charge on any atom is -0.223 e. The number of benzene rings is 1. The molecule has 0 saturated carbocycles. The summed E-state index contributed by atoms with van der Waals surface area (Å²) in [6.45, 7) is 4.37. The van der Waals surface area contributed by atoms with Crippen LogP contribution in [0.3, 0.4) is 0 Å². The molecule has 0 amide bonds. The Bertz CT molecular complexity index is 557. The fourth-order valence-corrected chi connectivity index (χ4v) is 3.69. The molecule has 0 N–H and O–H groups in total. The Labute approximate surface area is 118 Å². The van der Waals surface area contributed by atoms with Crippen LogP contribution in [0.15, 0.2) is 23.1 Å². The topological polar surface area (TPSA) is 34.1 Å². The first-order valence-electron chi connectivity index (χ1n) is 4.99. The molecule has 18 heavy (non-hydrogen) atoms. The van der Waals surface area contributed by atoms with Crippen molar-refractivity contribution in [3.8, 4) is 0 Å². The summed E-state index contributed by atoms with van der Waals surface area (Å²) < 4.78 is 61.3. The zero-order chi connectivity index (χ0) is 14.4. The highest BCUT2D eigenvalue weighted by atomic mass is 127. The Morgan fingerprint density at radius 2 is 1.61 bits per heavy atom. The summed E-state index contributed by atoms with van der Waals surface area (Å²) in [5, 5.41) is 0. The molecule has 0 radical (unpaired) electrons. The van der Waals surface area contributed by atoms with Crippen molar-refractivity contribution in [3.63, 3.8) is 0 Å². The van der Waals surface area contributed by atoms with Gasteiger partial charge in [0.05, 0.1) is 15.2 Å². The number of rotatable bonds is 1. The van der Waals surface area contributed by atoms with E-state index in [0.717, 1.165) is 6.07 Å². The van der Waals surface area contributed by atoms with E-state index in [4.69, 9.17) is 0 Å². The highest BCUT2D eigenvalue weighted by Gasteiger charge is 2.36. The molecular weight excluding hydrogens is 380 g/mol. The van der Waals surface area contributed by atoms with E-state index in [2.05, 4.69) is 0 Å². The SMILES string of the molecule is CC(C)(C)S(=O)(=O)c1cc(C(F)(F)F)ccc1I. The maximum atomic E-state index is 12.6. The predicted molar refractivity (Wildman–Crippen MR) is 71.1 cm³/mol. The highest BCUT2D eigenvalue weighted by molar-refractivity contribution is 14.1. The van der Waals surface area contributed by atoms with E-state index >= 15 is 0 Å². The molecule has 1 rings (SSSR count). The molecule has 102 valence electrons. The number of sulfone groups is 1. The van der Waals surface area contributed by atoms with Crippen molar-refractivity contribution in [1.82, 2.24) is 0 Å². The van der Waals surface area contributed by atoms with Gasteiger partial charge in [-0.2, -0.15) is 13.2 Å². The summed E-state index contributed by atoms with van der Waals surface area (Å²) in [5.41, 5.74) is -0.953. The van der Waals surface area contributed by atoms with Gasteiger partial charge in [0.15, 0.2) is 9.84 Å². The van der Waals surface area contributed by atoms with Gasteiger partial charge < -0.3 is 0 Å². The van der Waals surface area contributed by atoms with Crippen LogP contribution in [0.2, 0.25) is 0 Å². The molecule has 0 fully saturated rings. The van der Waals surface area contributed by atoms with E-state index in [-0.39, 0.29) is 8.47 Å². The van der Waals surface area contributed by atoms with Crippen LogP contribution in [-0.4, -0.2) is 13.2 Å². The number of halogens is 4. The normalized spacial score (nSPS) is 13.7. The third kappa shape index (κ3) is 2.98. The Balaban J connectivity index is 3.53. The van der Waals surface area contributed by atoms with Crippen molar-refractivity contribution in [2.45, 2.75) is 36.6 Å². The molecule has 1 aromatic carbocycles. The molecule has 0 spiro atoms. The van der Waals surface area contributed by atoms with Crippen LogP contribution in [-0.2, 0) is 16.0 Å². The molecule has 0 atom stereocenters. The minimum absolute atomic E-state index is 0.273. The van der Waals surface area contributed by atoms with E-state index < -0.39 is 26.3 Å². The molecule has 0 aromatic heterocycles. The van der Waals surface area contributed by atoms with Crippen LogP contribution in [0.5, 0.6) is 0 Å². The Hall–Kier alpha value is -0.310. The van der Waals surface area contributed by atoms with Crippen LogP contribution in [0.4, 0.5) is 13.2 Å². The van der Waals surface area contributed by atoms with Crippen molar-refractivity contribution >= 4 is 32.4 Å². The Kier molecular flexibility index (Phi) is 4.08. The van der Waals surface area contributed by atoms with Gasteiger partial charge in [-0.3, -0.25) is 0 Å². The average molecular weight is 392 g/mol. The van der Waals surface area contributed by atoms with Gasteiger partial charge in [-0.05, 0) is 61.6 Å². The van der Waals surface area contributed by atoms with Gasteiger partial charge >= 0.3 is 6.18 Å². The highest BCUT2D eigenvalue weighted by Crippen LogP contribution is 2.35. The third-order valence-corrected chi connectivity index (χ3v) is 6.19. The second kappa shape index (κ2) is 4.66. The average Bonchev–Trinajstić information content (AvgIpc) is 2.14. The maximum absolute atomic E-state index is 12.6. The molecule has 0 bridgehead atoms. The number of hydrogen-bond acceptors (Lipinski definition) is 2. The van der Waals surface area contributed by atoms with Gasteiger partial charge in [-0.1, -0.05) is 0 Å². The van der Waals surface area contributed by atoms with Crippen LogP contribution in [0, 0.1) is 3.57 Å². The Morgan fingerprint density at radius 3 is 2.00 bits per heavy atom. The molecule has 1 aromatic rings. The van der Waals surface area contributed by atoms with Crippen LogP contribution in [0.25, 0.3) is 0 Å². The molecule has 0 saturated heterocycles. The van der Waals surface area contributed by atoms with Crippen molar-refractivity contribution in [3.05, 3.63) is 27.3 Å². The maximum Gasteiger partial charge on any atom is 0.416 e. The lowest BCUT2D eigenvalue weighted by molar-refractivity contribution is -0.137. The first kappa shape index (κ1) is 15.7. The van der Waals surface area contributed by atoms with E-state index in [1.807, 2.05) is 0 Å². The largest absolute Gasteiger partial charge is 0.416 e. The van der Waals surface area contributed by atoms with Crippen LogP contribution >= 0.6 is 22.6 Å². The molecule has 7 heteroatoms. The van der Waals surface area contributed by atoms with Crippen molar-refractivity contribution in [2.24, 2.45) is 0 Å². The van der Waals surface area contributed by atoms with Crippen LogP contribution in [0.1, 0.15) is 26.3 Å². The van der Waals surface area contributed by atoms with Gasteiger partial charge in [0.2, 0.25) is 0 Å². The van der Waals surface area contributed by atoms with E-state index in [1.165, 1.54) is 26.8 Å². The van der Waals surface area contributed by atoms with Gasteiger partial charge in [0.25, 0.3) is 0 Å². The van der Waals surface area contributed by atoms with Crippen molar-refractivity contribution in [1.29, 1.82) is 0 Å². The third-order valence-electron chi connectivity index (χ3n) is 2.35. The quantitative estimate of drug-likeness (QED) is 0.680. The lowest BCUT2D eigenvalue weighted by Gasteiger charge is -2.21. The molecule has 0 heterocycles. The van der Waals surface area contributed by atoms with Gasteiger partial charge in [0, 0.05) is 3.57 Å². The number of hydrogen-bond donors (Lipinski definition) is 0. The zero-order valence-corrected chi connectivity index (χ0v) is 12.9. The molecule has 0 unspecified atom stereocenters. The summed E-state index contributed by atoms with van der Waals surface area (Å²) in [5.74, 6) is 0. The first-order valence-corrected chi connectivity index (χ1v) is 7.55. The smallest absolute Gasteiger partial charge is 0.223 e. The van der Waals surface area contributed by atoms with Crippen LogP contribution < -0.4 is 0 Å². The fraction of sp³-hybridized carbons (Fsp3) is 0.455. The second-order valence-corrected chi connectivity index (χ2v) is 8.59. The van der Waals surface area contributed by atoms with E-state index in [9.17, 15) is 21.6 Å². The zero-order valence-electron chi connectivity index (χ0n) is 9.97. The lowest BCUT2D eigenvalue weighted by atomic mass is 10.2. The standard InChI is InChI=1S/C11H12F3IO2S/c1-10(2,3)18(16,17)9-6-7(11(12,13)14)4-5-8(9)15/h4-6H,1-3H3. The minimum atomic E-state index is -4.55. The van der Waals surface area contributed by atoms with E-state index in [0.29, 0.717) is 6.07 Å². The summed E-state index contributed by atoms with van der Waals surface area (Å²) in [4.78, 5) is -0.273.